The van der Waals surface area contributed by atoms with Gasteiger partial charge in [0.25, 0.3) is 0 Å². The van der Waals surface area contributed by atoms with Gasteiger partial charge < -0.3 is 14.0 Å². The van der Waals surface area contributed by atoms with Crippen LogP contribution in [-0.2, 0) is 21.3 Å². The first-order valence-electron chi connectivity index (χ1n) is 5.41. The van der Waals surface area contributed by atoms with Crippen LogP contribution < -0.4 is 0 Å². The summed E-state index contributed by atoms with van der Waals surface area (Å²) < 4.78 is 12.6. The van der Waals surface area contributed by atoms with Gasteiger partial charge in [0, 0.05) is 26.2 Å². The van der Waals surface area contributed by atoms with Crippen LogP contribution in [0.3, 0.4) is 0 Å². The average Bonchev–Trinajstić information content (AvgIpc) is 2.94. The average molecular weight is 290 g/mol. The zero-order valence-electron chi connectivity index (χ0n) is 9.36. The number of rotatable bonds is 5. The predicted molar refractivity (Wildman–Crippen MR) is 62.7 cm³/mol. The molecule has 90 valence electrons. The van der Waals surface area contributed by atoms with Gasteiger partial charge in [0.15, 0.2) is 0 Å². The maximum Gasteiger partial charge on any atom is 0.143 e. The normalized spacial score (nSPS) is 20.5. The third kappa shape index (κ3) is 2.44. The van der Waals surface area contributed by atoms with Crippen LogP contribution >= 0.6 is 15.9 Å². The number of nitrogens with zero attached hydrogens (tertiary/aromatic N) is 3. The van der Waals surface area contributed by atoms with Gasteiger partial charge >= 0.3 is 0 Å². The van der Waals surface area contributed by atoms with E-state index in [1.54, 1.807) is 7.11 Å². The van der Waals surface area contributed by atoms with Crippen molar-refractivity contribution in [1.82, 2.24) is 14.8 Å². The molecule has 0 aromatic carbocycles. The summed E-state index contributed by atoms with van der Waals surface area (Å²) in [5, 5.41) is 9.18. The molecule has 5 nitrogen and oxygen atoms in total. The monoisotopic (exact) mass is 289 g/mol. The Morgan fingerprint density at radius 3 is 3.06 bits per heavy atom. The highest BCUT2D eigenvalue weighted by molar-refractivity contribution is 9.08. The van der Waals surface area contributed by atoms with E-state index in [0.29, 0.717) is 12.5 Å². The standard InChI is InChI=1S/C10H16BrN3O2/c1-15-5-3-14-9(6-11)12-13-10(14)8-2-4-16-7-8/h8H,2-7H2,1H3. The van der Waals surface area contributed by atoms with Crippen LogP contribution in [0.25, 0.3) is 0 Å². The molecule has 1 aromatic rings. The fraction of sp³-hybridized carbons (Fsp3) is 0.800. The Morgan fingerprint density at radius 2 is 2.44 bits per heavy atom. The molecule has 1 saturated heterocycles. The lowest BCUT2D eigenvalue weighted by Crippen LogP contribution is -2.14. The van der Waals surface area contributed by atoms with E-state index in [1.807, 2.05) is 0 Å². The van der Waals surface area contributed by atoms with Crippen LogP contribution in [0.5, 0.6) is 0 Å². The van der Waals surface area contributed by atoms with Gasteiger partial charge in [-0.1, -0.05) is 15.9 Å². The van der Waals surface area contributed by atoms with Crippen LogP contribution in [0.1, 0.15) is 24.0 Å². The first kappa shape index (κ1) is 12.0. The van der Waals surface area contributed by atoms with E-state index in [0.717, 1.165) is 43.2 Å². The molecule has 1 fully saturated rings. The van der Waals surface area contributed by atoms with Gasteiger partial charge in [0.1, 0.15) is 11.6 Å². The highest BCUT2D eigenvalue weighted by Crippen LogP contribution is 2.24. The summed E-state index contributed by atoms with van der Waals surface area (Å²) in [5.41, 5.74) is 0. The first-order chi connectivity index (χ1) is 7.86. The molecule has 2 rings (SSSR count). The van der Waals surface area contributed by atoms with Crippen molar-refractivity contribution in [3.05, 3.63) is 11.6 Å². The van der Waals surface area contributed by atoms with Crippen molar-refractivity contribution >= 4 is 15.9 Å². The summed E-state index contributed by atoms with van der Waals surface area (Å²) in [7, 11) is 1.70. The number of halogens is 1. The zero-order chi connectivity index (χ0) is 11.4. The maximum atomic E-state index is 5.39. The van der Waals surface area contributed by atoms with E-state index in [9.17, 15) is 0 Å². The van der Waals surface area contributed by atoms with Crippen molar-refractivity contribution in [2.75, 3.05) is 26.9 Å². The summed E-state index contributed by atoms with van der Waals surface area (Å²) >= 11 is 3.43. The van der Waals surface area contributed by atoms with Gasteiger partial charge in [-0.25, -0.2) is 0 Å². The van der Waals surface area contributed by atoms with Crippen molar-refractivity contribution < 1.29 is 9.47 Å². The molecule has 0 bridgehead atoms. The molecule has 1 aliphatic rings. The molecule has 0 N–H and O–H groups in total. The van der Waals surface area contributed by atoms with Crippen LogP contribution in [0.15, 0.2) is 0 Å². The molecule has 2 heterocycles. The van der Waals surface area contributed by atoms with Crippen LogP contribution in [0.4, 0.5) is 0 Å². The lowest BCUT2D eigenvalue weighted by Gasteiger charge is -2.11. The molecule has 0 radical (unpaired) electrons. The highest BCUT2D eigenvalue weighted by Gasteiger charge is 2.24. The quantitative estimate of drug-likeness (QED) is 0.768. The topological polar surface area (TPSA) is 49.2 Å². The lowest BCUT2D eigenvalue weighted by atomic mass is 10.1. The first-order valence-corrected chi connectivity index (χ1v) is 6.53. The van der Waals surface area contributed by atoms with Gasteiger partial charge in [0.2, 0.25) is 0 Å². The second kappa shape index (κ2) is 5.75. The fourth-order valence-corrected chi connectivity index (χ4v) is 2.33. The Morgan fingerprint density at radius 1 is 1.56 bits per heavy atom. The van der Waals surface area contributed by atoms with E-state index >= 15 is 0 Å². The Hall–Kier alpha value is -0.460. The van der Waals surface area contributed by atoms with Gasteiger partial charge in [-0.2, -0.15) is 0 Å². The zero-order valence-corrected chi connectivity index (χ0v) is 10.9. The minimum Gasteiger partial charge on any atom is -0.383 e. The number of hydrogen-bond donors (Lipinski definition) is 0. The van der Waals surface area contributed by atoms with Gasteiger partial charge in [-0.15, -0.1) is 10.2 Å². The molecule has 1 unspecified atom stereocenters. The number of ether oxygens (including phenoxy) is 2. The van der Waals surface area contributed by atoms with Crippen molar-refractivity contribution in [1.29, 1.82) is 0 Å². The molecule has 16 heavy (non-hydrogen) atoms. The Labute approximate surface area is 103 Å². The van der Waals surface area contributed by atoms with E-state index < -0.39 is 0 Å². The summed E-state index contributed by atoms with van der Waals surface area (Å²) in [6.45, 7) is 3.06. The lowest BCUT2D eigenvalue weighted by molar-refractivity contribution is 0.182. The van der Waals surface area contributed by atoms with Crippen LogP contribution in [0.2, 0.25) is 0 Å². The molecule has 0 amide bonds. The molecule has 1 aliphatic heterocycles. The molecule has 1 aromatic heterocycles. The molecule has 0 spiro atoms. The SMILES string of the molecule is COCCn1c(CBr)nnc1C1CCOC1. The number of methoxy groups -OCH3 is 1. The summed E-state index contributed by atoms with van der Waals surface area (Å²) in [6, 6.07) is 0. The van der Waals surface area contributed by atoms with E-state index in [2.05, 4.69) is 30.7 Å². The second-order valence-electron chi connectivity index (χ2n) is 3.81. The molecule has 0 aliphatic carbocycles. The van der Waals surface area contributed by atoms with E-state index in [4.69, 9.17) is 9.47 Å². The third-order valence-corrected chi connectivity index (χ3v) is 3.29. The van der Waals surface area contributed by atoms with Crippen molar-refractivity contribution in [2.45, 2.75) is 24.2 Å². The summed E-state index contributed by atoms with van der Waals surface area (Å²) in [5.74, 6) is 2.38. The summed E-state index contributed by atoms with van der Waals surface area (Å²) in [6.07, 6.45) is 1.04. The number of hydrogen-bond acceptors (Lipinski definition) is 4. The molecule has 0 saturated carbocycles. The van der Waals surface area contributed by atoms with Gasteiger partial charge in [-0.3, -0.25) is 0 Å². The van der Waals surface area contributed by atoms with Gasteiger partial charge in [0.05, 0.1) is 18.5 Å². The Bertz CT molecular complexity index is 337. The fourth-order valence-electron chi connectivity index (χ4n) is 1.91. The van der Waals surface area contributed by atoms with E-state index in [-0.39, 0.29) is 0 Å². The largest absolute Gasteiger partial charge is 0.383 e. The molecule has 6 heteroatoms. The molecular formula is C10H16BrN3O2. The Kier molecular flexibility index (Phi) is 4.31. The predicted octanol–water partition coefficient (Wildman–Crippen LogP) is 1.32. The minimum atomic E-state index is 0.386. The number of aromatic nitrogens is 3. The minimum absolute atomic E-state index is 0.386. The van der Waals surface area contributed by atoms with Crippen molar-refractivity contribution in [2.24, 2.45) is 0 Å². The molecule has 1 atom stereocenters. The second-order valence-corrected chi connectivity index (χ2v) is 4.37. The summed E-state index contributed by atoms with van der Waals surface area (Å²) in [4.78, 5) is 0. The van der Waals surface area contributed by atoms with Crippen molar-refractivity contribution in [3.8, 4) is 0 Å². The third-order valence-electron chi connectivity index (χ3n) is 2.79. The van der Waals surface area contributed by atoms with Crippen molar-refractivity contribution in [3.63, 3.8) is 0 Å². The maximum absolute atomic E-state index is 5.39. The Balaban J connectivity index is 2.18. The highest BCUT2D eigenvalue weighted by atomic mass is 79.9. The molecular weight excluding hydrogens is 274 g/mol. The van der Waals surface area contributed by atoms with Crippen LogP contribution in [-0.4, -0.2) is 41.7 Å². The van der Waals surface area contributed by atoms with Crippen LogP contribution in [0, 0.1) is 0 Å². The van der Waals surface area contributed by atoms with Gasteiger partial charge in [-0.05, 0) is 6.42 Å². The number of alkyl halides is 1. The smallest absolute Gasteiger partial charge is 0.143 e. The van der Waals surface area contributed by atoms with E-state index in [1.165, 1.54) is 0 Å².